The molecule has 0 aliphatic heterocycles. The zero-order valence-electron chi connectivity index (χ0n) is 16.9. The molecule has 8 heteroatoms. The van der Waals surface area contributed by atoms with Crippen LogP contribution >= 0.6 is 0 Å². The van der Waals surface area contributed by atoms with Gasteiger partial charge in [0.25, 0.3) is 0 Å². The summed E-state index contributed by atoms with van der Waals surface area (Å²) in [5, 5.41) is 5.42. The van der Waals surface area contributed by atoms with Crippen molar-refractivity contribution in [2.45, 2.75) is 37.6 Å². The number of hydrogen-bond donors (Lipinski definition) is 2. The molecule has 0 aliphatic rings. The van der Waals surface area contributed by atoms with Crippen LogP contribution < -0.4 is 10.6 Å². The minimum Gasteiger partial charge on any atom is -0.352 e. The zero-order chi connectivity index (χ0) is 21.4. The molecule has 2 amide bonds. The third kappa shape index (κ3) is 6.99. The van der Waals surface area contributed by atoms with Crippen LogP contribution in [0.3, 0.4) is 0 Å². The molecule has 0 spiro atoms. The van der Waals surface area contributed by atoms with Gasteiger partial charge in [-0.15, -0.1) is 0 Å². The zero-order valence-corrected chi connectivity index (χ0v) is 17.7. The first-order valence-corrected chi connectivity index (χ1v) is 10.8. The maximum absolute atomic E-state index is 12.7. The van der Waals surface area contributed by atoms with E-state index in [1.807, 2.05) is 37.3 Å². The second-order valence-corrected chi connectivity index (χ2v) is 9.00. The Kier molecular flexibility index (Phi) is 7.92. The Bertz CT molecular complexity index is 928. The third-order valence-corrected chi connectivity index (χ3v) is 6.18. The lowest BCUT2D eigenvalue weighted by Gasteiger charge is -2.19. The number of anilines is 1. The van der Waals surface area contributed by atoms with Crippen molar-refractivity contribution >= 4 is 27.5 Å². The summed E-state index contributed by atoms with van der Waals surface area (Å²) in [7, 11) is -2.44. The summed E-state index contributed by atoms with van der Waals surface area (Å²) in [5.74, 6) is -0.595. The first kappa shape index (κ1) is 22.6. The second-order valence-electron chi connectivity index (χ2n) is 6.96. The van der Waals surface area contributed by atoms with E-state index in [2.05, 4.69) is 10.6 Å². The molecule has 0 heterocycles. The number of likely N-dealkylation sites (N-methyl/N-ethyl adjacent to an activating group) is 1. The molecule has 0 bridgehead atoms. The van der Waals surface area contributed by atoms with Gasteiger partial charge in [0.1, 0.15) is 0 Å². The molecule has 7 nitrogen and oxygen atoms in total. The van der Waals surface area contributed by atoms with Crippen LogP contribution in [0.25, 0.3) is 0 Å². The SMILES string of the molecule is CC(=O)Nc1ccc(S(=O)(=O)N(C)CC(=O)NC(C)CCc2ccccc2)cc1. The Morgan fingerprint density at radius 3 is 2.24 bits per heavy atom. The molecule has 0 saturated carbocycles. The number of aryl methyl sites for hydroxylation is 1. The van der Waals surface area contributed by atoms with Crippen LogP contribution in [0.1, 0.15) is 25.8 Å². The van der Waals surface area contributed by atoms with Crippen LogP contribution in [0.4, 0.5) is 5.69 Å². The second kappa shape index (κ2) is 10.2. The molecule has 2 aromatic rings. The molecule has 1 unspecified atom stereocenters. The summed E-state index contributed by atoms with van der Waals surface area (Å²) >= 11 is 0. The molecule has 29 heavy (non-hydrogen) atoms. The summed E-state index contributed by atoms with van der Waals surface area (Å²) in [5.41, 5.74) is 1.69. The first-order chi connectivity index (χ1) is 13.7. The summed E-state index contributed by atoms with van der Waals surface area (Å²) < 4.78 is 26.3. The van der Waals surface area contributed by atoms with Crippen molar-refractivity contribution in [3.63, 3.8) is 0 Å². The van der Waals surface area contributed by atoms with Crippen molar-refractivity contribution in [1.29, 1.82) is 0 Å². The van der Waals surface area contributed by atoms with Crippen molar-refractivity contribution < 1.29 is 18.0 Å². The fourth-order valence-electron chi connectivity index (χ4n) is 2.80. The molecule has 0 saturated heterocycles. The largest absolute Gasteiger partial charge is 0.352 e. The molecule has 0 fully saturated rings. The lowest BCUT2D eigenvalue weighted by atomic mass is 10.1. The van der Waals surface area contributed by atoms with Crippen molar-refractivity contribution in [3.05, 3.63) is 60.2 Å². The van der Waals surface area contributed by atoms with Gasteiger partial charge >= 0.3 is 0 Å². The third-order valence-electron chi connectivity index (χ3n) is 4.37. The average Bonchev–Trinajstić information content (AvgIpc) is 2.67. The van der Waals surface area contributed by atoms with Gasteiger partial charge < -0.3 is 10.6 Å². The maximum atomic E-state index is 12.7. The molecule has 2 rings (SSSR count). The maximum Gasteiger partial charge on any atom is 0.243 e. The van der Waals surface area contributed by atoms with E-state index in [0.29, 0.717) is 5.69 Å². The first-order valence-electron chi connectivity index (χ1n) is 9.36. The number of sulfonamides is 1. The molecular formula is C21H27N3O4S. The molecule has 2 aromatic carbocycles. The van der Waals surface area contributed by atoms with Gasteiger partial charge in [-0.1, -0.05) is 30.3 Å². The summed E-state index contributed by atoms with van der Waals surface area (Å²) in [6.07, 6.45) is 1.59. The number of amides is 2. The Labute approximate surface area is 172 Å². The van der Waals surface area contributed by atoms with E-state index >= 15 is 0 Å². The van der Waals surface area contributed by atoms with E-state index in [4.69, 9.17) is 0 Å². The van der Waals surface area contributed by atoms with Gasteiger partial charge in [-0.25, -0.2) is 8.42 Å². The smallest absolute Gasteiger partial charge is 0.243 e. The number of carbonyl (C=O) groups is 2. The Morgan fingerprint density at radius 1 is 1.03 bits per heavy atom. The monoisotopic (exact) mass is 417 g/mol. The lowest BCUT2D eigenvalue weighted by Crippen LogP contribution is -2.41. The molecule has 1 atom stereocenters. The van der Waals surface area contributed by atoms with E-state index < -0.39 is 10.0 Å². The highest BCUT2D eigenvalue weighted by Gasteiger charge is 2.23. The van der Waals surface area contributed by atoms with E-state index in [1.165, 1.54) is 43.8 Å². The van der Waals surface area contributed by atoms with Gasteiger partial charge in [-0.2, -0.15) is 4.31 Å². The number of rotatable bonds is 9. The van der Waals surface area contributed by atoms with Crippen LogP contribution in [0.5, 0.6) is 0 Å². The molecular weight excluding hydrogens is 390 g/mol. The van der Waals surface area contributed by atoms with Gasteiger partial charge in [0.15, 0.2) is 0 Å². The number of nitrogens with one attached hydrogen (secondary N) is 2. The molecule has 2 N–H and O–H groups in total. The molecule has 156 valence electrons. The highest BCUT2D eigenvalue weighted by atomic mass is 32.2. The van der Waals surface area contributed by atoms with E-state index in [0.717, 1.165) is 17.1 Å². The molecule has 0 aromatic heterocycles. The molecule has 0 radical (unpaired) electrons. The normalized spacial score (nSPS) is 12.4. The number of carbonyl (C=O) groups excluding carboxylic acids is 2. The van der Waals surface area contributed by atoms with E-state index in [-0.39, 0.29) is 29.3 Å². The lowest BCUT2D eigenvalue weighted by molar-refractivity contribution is -0.121. The summed E-state index contributed by atoms with van der Waals surface area (Å²) in [4.78, 5) is 23.4. The van der Waals surface area contributed by atoms with Crippen LogP contribution in [0.15, 0.2) is 59.5 Å². The van der Waals surface area contributed by atoms with E-state index in [1.54, 1.807) is 0 Å². The van der Waals surface area contributed by atoms with Gasteiger partial charge in [-0.3, -0.25) is 9.59 Å². The number of hydrogen-bond acceptors (Lipinski definition) is 4. The van der Waals surface area contributed by atoms with Gasteiger partial charge in [-0.05, 0) is 49.6 Å². The number of nitrogens with zero attached hydrogens (tertiary/aromatic N) is 1. The van der Waals surface area contributed by atoms with Crippen LogP contribution in [0, 0.1) is 0 Å². The summed E-state index contributed by atoms with van der Waals surface area (Å²) in [6.45, 7) is 3.00. The minimum absolute atomic E-state index is 0.0547. The van der Waals surface area contributed by atoms with Crippen LogP contribution in [0.2, 0.25) is 0 Å². The van der Waals surface area contributed by atoms with Gasteiger partial charge in [0.05, 0.1) is 11.4 Å². The van der Waals surface area contributed by atoms with E-state index in [9.17, 15) is 18.0 Å². The minimum atomic E-state index is -3.81. The van der Waals surface area contributed by atoms with Gasteiger partial charge in [0.2, 0.25) is 21.8 Å². The highest BCUT2D eigenvalue weighted by molar-refractivity contribution is 7.89. The number of benzene rings is 2. The van der Waals surface area contributed by atoms with Crippen LogP contribution in [-0.2, 0) is 26.0 Å². The highest BCUT2D eigenvalue weighted by Crippen LogP contribution is 2.17. The van der Waals surface area contributed by atoms with Gasteiger partial charge in [0, 0.05) is 25.7 Å². The fraction of sp³-hybridized carbons (Fsp3) is 0.333. The Hall–Kier alpha value is -2.71. The van der Waals surface area contributed by atoms with Crippen molar-refractivity contribution in [3.8, 4) is 0 Å². The van der Waals surface area contributed by atoms with Crippen molar-refractivity contribution in [2.24, 2.45) is 0 Å². The topological polar surface area (TPSA) is 95.6 Å². The Morgan fingerprint density at radius 2 is 1.66 bits per heavy atom. The van der Waals surface area contributed by atoms with Crippen molar-refractivity contribution in [2.75, 3.05) is 18.9 Å². The van der Waals surface area contributed by atoms with Crippen LogP contribution in [-0.4, -0.2) is 44.2 Å². The predicted octanol–water partition coefficient (Wildman–Crippen LogP) is 2.40. The molecule has 0 aliphatic carbocycles. The fourth-order valence-corrected chi connectivity index (χ4v) is 3.93. The van der Waals surface area contributed by atoms with Crippen molar-refractivity contribution in [1.82, 2.24) is 9.62 Å². The standard InChI is InChI=1S/C21H27N3O4S/c1-16(9-10-18-7-5-4-6-8-18)22-21(26)15-24(3)29(27,28)20-13-11-19(12-14-20)23-17(2)25/h4-8,11-14,16H,9-10,15H2,1-3H3,(H,22,26)(H,23,25). The average molecular weight is 418 g/mol. The Balaban J connectivity index is 1.89. The summed E-state index contributed by atoms with van der Waals surface area (Å²) in [6, 6.07) is 15.7. The quantitative estimate of drug-likeness (QED) is 0.655. The predicted molar refractivity (Wildman–Crippen MR) is 113 cm³/mol.